The van der Waals surface area contributed by atoms with Crippen LogP contribution in [0, 0.1) is 0 Å². The number of nitrogens with one attached hydrogen (secondary N) is 1. The van der Waals surface area contributed by atoms with Gasteiger partial charge in [-0.25, -0.2) is 0 Å². The minimum atomic E-state index is 0. The highest BCUT2D eigenvalue weighted by Crippen LogP contribution is 2.36. The number of hydrogen-bond acceptors (Lipinski definition) is 2. The molecule has 0 saturated carbocycles. The van der Waals surface area contributed by atoms with Crippen molar-refractivity contribution in [1.29, 1.82) is 0 Å². The van der Waals surface area contributed by atoms with Gasteiger partial charge in [0.1, 0.15) is 0 Å². The van der Waals surface area contributed by atoms with E-state index in [-0.39, 0.29) is 18.0 Å². The van der Waals surface area contributed by atoms with Crippen LogP contribution in [-0.2, 0) is 4.74 Å². The Hall–Kier alpha value is 0.690. The highest BCUT2D eigenvalue weighted by Gasteiger charge is 2.39. The summed E-state index contributed by atoms with van der Waals surface area (Å²) in [5.41, 5.74) is 0.236. The lowest BCUT2D eigenvalue weighted by Crippen LogP contribution is -3.00. The molecule has 0 bridgehead atoms. The van der Waals surface area contributed by atoms with E-state index in [9.17, 15) is 0 Å². The summed E-state index contributed by atoms with van der Waals surface area (Å²) in [6.07, 6.45) is 3.58. The maximum Gasteiger partial charge on any atom is 0.0718 e. The number of rotatable bonds is 0. The van der Waals surface area contributed by atoms with Crippen LogP contribution in [0.25, 0.3) is 0 Å². The highest BCUT2D eigenvalue weighted by atomic mass is 79.9. The van der Waals surface area contributed by atoms with Crippen LogP contribution in [0.2, 0.25) is 0 Å². The van der Waals surface area contributed by atoms with E-state index in [1.54, 1.807) is 0 Å². The van der Waals surface area contributed by atoms with E-state index in [1.807, 2.05) is 0 Å². The van der Waals surface area contributed by atoms with E-state index in [0.29, 0.717) is 4.83 Å². The summed E-state index contributed by atoms with van der Waals surface area (Å²) in [5.74, 6) is 0. The van der Waals surface area contributed by atoms with Crippen molar-refractivity contribution >= 4 is 15.9 Å². The second-order valence-corrected chi connectivity index (χ2v) is 4.84. The van der Waals surface area contributed by atoms with Gasteiger partial charge in [-0.2, -0.15) is 0 Å². The molecule has 2 rings (SSSR count). The topological polar surface area (TPSA) is 21.3 Å². The second-order valence-electron chi connectivity index (χ2n) is 3.55. The molecule has 4 heteroatoms. The maximum atomic E-state index is 5.81. The van der Waals surface area contributed by atoms with Gasteiger partial charge in [-0.15, -0.1) is 0 Å². The van der Waals surface area contributed by atoms with Gasteiger partial charge in [0.2, 0.25) is 0 Å². The van der Waals surface area contributed by atoms with Gasteiger partial charge in [0, 0.05) is 4.83 Å². The van der Waals surface area contributed by atoms with Gasteiger partial charge in [-0.3, -0.25) is 0 Å². The number of hydrogen-bond donors (Lipinski definition) is 1. The van der Waals surface area contributed by atoms with Gasteiger partial charge >= 0.3 is 0 Å². The van der Waals surface area contributed by atoms with Crippen LogP contribution in [0.5, 0.6) is 0 Å². The average Bonchev–Trinajstić information content (AvgIpc) is 2.34. The Balaban J connectivity index is 0.000000720. The molecule has 1 spiro atoms. The Labute approximate surface area is 88.0 Å². The molecule has 2 aliphatic rings. The molecule has 2 heterocycles. The Morgan fingerprint density at radius 3 is 2.50 bits per heavy atom. The maximum absolute atomic E-state index is 5.81. The average molecular weight is 256 g/mol. The first kappa shape index (κ1) is 10.8. The van der Waals surface area contributed by atoms with Crippen LogP contribution in [0.1, 0.15) is 19.3 Å². The fourth-order valence-electron chi connectivity index (χ4n) is 2.02. The van der Waals surface area contributed by atoms with Crippen molar-refractivity contribution in [1.82, 2.24) is 5.32 Å². The summed E-state index contributed by atoms with van der Waals surface area (Å²) in [5, 5.41) is 3.36. The molecule has 0 radical (unpaired) electrons. The van der Waals surface area contributed by atoms with Crippen molar-refractivity contribution in [3.63, 3.8) is 0 Å². The SMILES string of the molecule is BrC1COC2(CCNCC2)C1.[Cl-]. The Morgan fingerprint density at radius 2 is 2.00 bits per heavy atom. The number of piperidine rings is 1. The second kappa shape index (κ2) is 4.27. The minimum Gasteiger partial charge on any atom is -1.00 e. The van der Waals surface area contributed by atoms with E-state index < -0.39 is 0 Å². The molecule has 2 saturated heterocycles. The minimum absolute atomic E-state index is 0. The third-order valence-electron chi connectivity index (χ3n) is 2.68. The Bertz CT molecular complexity index is 144. The predicted octanol–water partition coefficient (Wildman–Crippen LogP) is -1.70. The molecule has 1 N–H and O–H groups in total. The van der Waals surface area contributed by atoms with E-state index in [1.165, 1.54) is 19.3 Å². The highest BCUT2D eigenvalue weighted by molar-refractivity contribution is 9.09. The van der Waals surface area contributed by atoms with Crippen molar-refractivity contribution in [2.24, 2.45) is 0 Å². The third-order valence-corrected chi connectivity index (χ3v) is 3.27. The van der Waals surface area contributed by atoms with Crippen LogP contribution in [0.3, 0.4) is 0 Å². The van der Waals surface area contributed by atoms with Gasteiger partial charge in [0.05, 0.1) is 12.2 Å². The van der Waals surface area contributed by atoms with E-state index in [4.69, 9.17) is 4.74 Å². The van der Waals surface area contributed by atoms with Gasteiger partial charge in [0.25, 0.3) is 0 Å². The monoisotopic (exact) mass is 254 g/mol. The van der Waals surface area contributed by atoms with Crippen molar-refractivity contribution in [2.45, 2.75) is 29.7 Å². The van der Waals surface area contributed by atoms with Crippen LogP contribution in [-0.4, -0.2) is 30.1 Å². The van der Waals surface area contributed by atoms with Gasteiger partial charge < -0.3 is 22.5 Å². The molecule has 0 aliphatic carbocycles. The normalized spacial score (nSPS) is 33.2. The van der Waals surface area contributed by atoms with Crippen molar-refractivity contribution in [2.75, 3.05) is 19.7 Å². The Morgan fingerprint density at radius 1 is 1.33 bits per heavy atom. The largest absolute Gasteiger partial charge is 1.00 e. The summed E-state index contributed by atoms with van der Waals surface area (Å²) >= 11 is 3.60. The van der Waals surface area contributed by atoms with Crippen LogP contribution < -0.4 is 17.7 Å². The summed E-state index contributed by atoms with van der Waals surface area (Å²) in [7, 11) is 0. The van der Waals surface area contributed by atoms with Gasteiger partial charge in [-0.1, -0.05) is 15.9 Å². The van der Waals surface area contributed by atoms with Crippen LogP contribution in [0.4, 0.5) is 0 Å². The third kappa shape index (κ3) is 2.13. The molecular weight excluding hydrogens is 241 g/mol. The summed E-state index contributed by atoms with van der Waals surface area (Å²) in [6, 6.07) is 0. The fourth-order valence-corrected chi connectivity index (χ4v) is 2.74. The van der Waals surface area contributed by atoms with Crippen molar-refractivity contribution in [3.05, 3.63) is 0 Å². The molecule has 0 aromatic carbocycles. The molecular formula is C8H14BrClNO-. The molecule has 2 aliphatic heterocycles. The first-order valence-electron chi connectivity index (χ1n) is 4.30. The fraction of sp³-hybridized carbons (Fsp3) is 1.00. The number of halogens is 2. The lowest BCUT2D eigenvalue weighted by molar-refractivity contribution is -0.0190. The molecule has 0 aromatic heterocycles. The van der Waals surface area contributed by atoms with E-state index in [2.05, 4.69) is 21.2 Å². The zero-order valence-corrected chi connectivity index (χ0v) is 9.33. The predicted molar refractivity (Wildman–Crippen MR) is 48.1 cm³/mol. The van der Waals surface area contributed by atoms with E-state index >= 15 is 0 Å². The molecule has 1 unspecified atom stereocenters. The van der Waals surface area contributed by atoms with Crippen molar-refractivity contribution in [3.8, 4) is 0 Å². The Kier molecular flexibility index (Phi) is 3.83. The summed E-state index contributed by atoms with van der Waals surface area (Å²) < 4.78 is 5.81. The zero-order valence-electron chi connectivity index (χ0n) is 6.98. The molecule has 12 heavy (non-hydrogen) atoms. The van der Waals surface area contributed by atoms with Crippen LogP contribution in [0.15, 0.2) is 0 Å². The number of ether oxygens (including phenoxy) is 1. The first-order chi connectivity index (χ1) is 5.31. The van der Waals surface area contributed by atoms with Gasteiger partial charge in [-0.05, 0) is 32.4 Å². The molecule has 1 atom stereocenters. The quantitative estimate of drug-likeness (QED) is 0.521. The summed E-state index contributed by atoms with van der Waals surface area (Å²) in [4.78, 5) is 0.598. The van der Waals surface area contributed by atoms with Crippen molar-refractivity contribution < 1.29 is 17.1 Å². The summed E-state index contributed by atoms with van der Waals surface area (Å²) in [6.45, 7) is 3.15. The standard InChI is InChI=1S/C8H14BrNO.ClH/c9-7-5-8(11-6-7)1-3-10-4-2-8;/h7,10H,1-6H2;1H/p-1. The lowest BCUT2D eigenvalue weighted by atomic mass is 9.90. The lowest BCUT2D eigenvalue weighted by Gasteiger charge is -2.32. The number of alkyl halides is 1. The molecule has 0 aromatic rings. The first-order valence-corrected chi connectivity index (χ1v) is 5.21. The van der Waals surface area contributed by atoms with Crippen LogP contribution >= 0.6 is 15.9 Å². The van der Waals surface area contributed by atoms with Gasteiger partial charge in [0.15, 0.2) is 0 Å². The van der Waals surface area contributed by atoms with E-state index in [0.717, 1.165) is 19.7 Å². The molecule has 0 amide bonds. The zero-order chi connectivity index (χ0) is 7.73. The molecule has 2 nitrogen and oxygen atoms in total. The smallest absolute Gasteiger partial charge is 0.0718 e. The molecule has 2 fully saturated rings. The molecule has 72 valence electrons.